The van der Waals surface area contributed by atoms with Gasteiger partial charge in [0.2, 0.25) is 0 Å². The molecule has 0 saturated heterocycles. The summed E-state index contributed by atoms with van der Waals surface area (Å²) in [5.41, 5.74) is 3.90. The monoisotopic (exact) mass is 352 g/mol. The Balaban J connectivity index is 1.65. The maximum Gasteiger partial charge on any atom is 0.280 e. The molecule has 1 heterocycles. The second kappa shape index (κ2) is 7.39. The summed E-state index contributed by atoms with van der Waals surface area (Å²) in [7, 11) is 0. The normalized spacial score (nSPS) is 14.2. The molecule has 0 unspecified atom stereocenters. The molecule has 1 aliphatic heterocycles. The second-order valence-electron chi connectivity index (χ2n) is 6.16. The standard InChI is InChI=1S/C20H20N2O4/c1-3-13(2)14-8-6-7-11-17(14)26-12-18(23)21-22-19(24)15-9-4-5-10-16(15)20(22)25/h4-11,13H,3,12H2,1-2H3,(H,21,23)/t13-/m1/s1. The van der Waals surface area contributed by atoms with E-state index in [4.69, 9.17) is 4.74 Å². The molecule has 134 valence electrons. The lowest BCUT2D eigenvalue weighted by atomic mass is 9.98. The fourth-order valence-electron chi connectivity index (χ4n) is 2.83. The minimum absolute atomic E-state index is 0.279. The highest BCUT2D eigenvalue weighted by molar-refractivity contribution is 6.21. The van der Waals surface area contributed by atoms with Crippen LogP contribution in [0.3, 0.4) is 0 Å². The number of carbonyl (C=O) groups is 3. The largest absolute Gasteiger partial charge is 0.483 e. The van der Waals surface area contributed by atoms with Crippen LogP contribution in [0.25, 0.3) is 0 Å². The van der Waals surface area contributed by atoms with Crippen LogP contribution in [0.4, 0.5) is 0 Å². The second-order valence-corrected chi connectivity index (χ2v) is 6.16. The Morgan fingerprint density at radius 1 is 1.04 bits per heavy atom. The highest BCUT2D eigenvalue weighted by Gasteiger charge is 2.36. The lowest BCUT2D eigenvalue weighted by Crippen LogP contribution is -2.47. The number of hydrogen-bond acceptors (Lipinski definition) is 4. The SMILES string of the molecule is CC[C@@H](C)c1ccccc1OCC(=O)NN1C(=O)c2ccccc2C1=O. The van der Waals surface area contributed by atoms with Gasteiger partial charge in [-0.3, -0.25) is 19.8 Å². The number of carbonyl (C=O) groups excluding carboxylic acids is 3. The van der Waals surface area contributed by atoms with Gasteiger partial charge in [-0.05, 0) is 36.1 Å². The zero-order valence-corrected chi connectivity index (χ0v) is 14.7. The zero-order chi connectivity index (χ0) is 18.7. The number of nitrogens with zero attached hydrogens (tertiary/aromatic N) is 1. The molecule has 0 fully saturated rings. The van der Waals surface area contributed by atoms with Crippen molar-refractivity contribution in [3.05, 3.63) is 65.2 Å². The highest BCUT2D eigenvalue weighted by Crippen LogP contribution is 2.28. The molecule has 0 bridgehead atoms. The van der Waals surface area contributed by atoms with Crippen molar-refractivity contribution in [2.45, 2.75) is 26.2 Å². The van der Waals surface area contributed by atoms with Gasteiger partial charge >= 0.3 is 0 Å². The topological polar surface area (TPSA) is 75.7 Å². The molecule has 1 atom stereocenters. The summed E-state index contributed by atoms with van der Waals surface area (Å²) in [5.74, 6) is -0.735. The van der Waals surface area contributed by atoms with E-state index in [1.807, 2.05) is 18.2 Å². The maximum atomic E-state index is 12.2. The van der Waals surface area contributed by atoms with Crippen LogP contribution in [0.2, 0.25) is 0 Å². The van der Waals surface area contributed by atoms with Crippen molar-refractivity contribution in [2.75, 3.05) is 6.61 Å². The van der Waals surface area contributed by atoms with Gasteiger partial charge in [-0.1, -0.05) is 44.2 Å². The molecule has 26 heavy (non-hydrogen) atoms. The number of rotatable bonds is 6. The minimum Gasteiger partial charge on any atom is -0.483 e. The van der Waals surface area contributed by atoms with Crippen molar-refractivity contribution in [2.24, 2.45) is 0 Å². The van der Waals surface area contributed by atoms with Crippen LogP contribution in [0.5, 0.6) is 5.75 Å². The van der Waals surface area contributed by atoms with Crippen molar-refractivity contribution in [1.29, 1.82) is 0 Å². The molecular formula is C20H20N2O4. The van der Waals surface area contributed by atoms with Crippen molar-refractivity contribution >= 4 is 17.7 Å². The van der Waals surface area contributed by atoms with Gasteiger partial charge in [0.25, 0.3) is 17.7 Å². The van der Waals surface area contributed by atoms with Crippen molar-refractivity contribution in [3.8, 4) is 5.75 Å². The summed E-state index contributed by atoms with van der Waals surface area (Å²) >= 11 is 0. The number of nitrogens with one attached hydrogen (secondary N) is 1. The molecule has 0 spiro atoms. The van der Waals surface area contributed by atoms with E-state index in [0.29, 0.717) is 11.7 Å². The van der Waals surface area contributed by atoms with Crippen LogP contribution >= 0.6 is 0 Å². The smallest absolute Gasteiger partial charge is 0.280 e. The number of benzene rings is 2. The van der Waals surface area contributed by atoms with Crippen LogP contribution in [0.1, 0.15) is 52.5 Å². The fraction of sp³-hybridized carbons (Fsp3) is 0.250. The van der Waals surface area contributed by atoms with Gasteiger partial charge in [-0.25, -0.2) is 0 Å². The molecule has 6 heteroatoms. The Kier molecular flexibility index (Phi) is 5.02. The van der Waals surface area contributed by atoms with E-state index in [1.165, 1.54) is 0 Å². The Morgan fingerprint density at radius 2 is 1.62 bits per heavy atom. The zero-order valence-electron chi connectivity index (χ0n) is 14.7. The van der Waals surface area contributed by atoms with Crippen LogP contribution in [-0.2, 0) is 4.79 Å². The molecule has 3 rings (SSSR count). The van der Waals surface area contributed by atoms with Crippen molar-refractivity contribution < 1.29 is 19.1 Å². The summed E-state index contributed by atoms with van der Waals surface area (Å²) in [6, 6.07) is 14.0. The van der Waals surface area contributed by atoms with E-state index in [9.17, 15) is 14.4 Å². The predicted molar refractivity (Wildman–Crippen MR) is 95.7 cm³/mol. The van der Waals surface area contributed by atoms with Crippen LogP contribution in [0, 0.1) is 0 Å². The number of hydrazine groups is 1. The van der Waals surface area contributed by atoms with Crippen molar-refractivity contribution in [3.63, 3.8) is 0 Å². The van der Waals surface area contributed by atoms with Gasteiger partial charge < -0.3 is 4.74 Å². The van der Waals surface area contributed by atoms with Gasteiger partial charge in [-0.2, -0.15) is 5.01 Å². The highest BCUT2D eigenvalue weighted by atomic mass is 16.5. The summed E-state index contributed by atoms with van der Waals surface area (Å²) in [4.78, 5) is 36.7. The van der Waals surface area contributed by atoms with Gasteiger partial charge in [-0.15, -0.1) is 0 Å². The first-order valence-electron chi connectivity index (χ1n) is 8.52. The minimum atomic E-state index is -0.571. The molecule has 0 radical (unpaired) electrons. The summed E-state index contributed by atoms with van der Waals surface area (Å²) < 4.78 is 5.62. The number of amides is 3. The Morgan fingerprint density at radius 3 is 2.23 bits per heavy atom. The van der Waals surface area contributed by atoms with E-state index in [0.717, 1.165) is 17.0 Å². The quantitative estimate of drug-likeness (QED) is 0.811. The lowest BCUT2D eigenvalue weighted by Gasteiger charge is -2.17. The first kappa shape index (κ1) is 17.7. The van der Waals surface area contributed by atoms with E-state index in [1.54, 1.807) is 30.3 Å². The van der Waals surface area contributed by atoms with Crippen LogP contribution in [-0.4, -0.2) is 29.3 Å². The third-order valence-corrected chi connectivity index (χ3v) is 4.45. The average molecular weight is 352 g/mol. The molecule has 2 aromatic carbocycles. The molecule has 1 aliphatic rings. The lowest BCUT2D eigenvalue weighted by molar-refractivity contribution is -0.126. The van der Waals surface area contributed by atoms with Gasteiger partial charge in [0.15, 0.2) is 6.61 Å². The van der Waals surface area contributed by atoms with Crippen LogP contribution in [0.15, 0.2) is 48.5 Å². The Hall–Kier alpha value is -3.15. The van der Waals surface area contributed by atoms with E-state index in [2.05, 4.69) is 19.3 Å². The Labute approximate surface area is 151 Å². The molecule has 0 saturated carbocycles. The third-order valence-electron chi connectivity index (χ3n) is 4.45. The molecular weight excluding hydrogens is 332 g/mol. The van der Waals surface area contributed by atoms with E-state index in [-0.39, 0.29) is 17.7 Å². The number of fused-ring (bicyclic) bond motifs is 1. The van der Waals surface area contributed by atoms with Crippen LogP contribution < -0.4 is 10.2 Å². The van der Waals surface area contributed by atoms with Gasteiger partial charge in [0.05, 0.1) is 11.1 Å². The Bertz CT molecular complexity index is 827. The molecule has 3 amide bonds. The van der Waals surface area contributed by atoms with E-state index < -0.39 is 17.7 Å². The molecule has 1 N–H and O–H groups in total. The third kappa shape index (κ3) is 3.31. The maximum absolute atomic E-state index is 12.2. The van der Waals surface area contributed by atoms with Crippen molar-refractivity contribution in [1.82, 2.24) is 10.4 Å². The first-order valence-corrected chi connectivity index (χ1v) is 8.52. The summed E-state index contributed by atoms with van der Waals surface area (Å²) in [6.07, 6.45) is 0.946. The fourth-order valence-corrected chi connectivity index (χ4v) is 2.83. The van der Waals surface area contributed by atoms with E-state index >= 15 is 0 Å². The summed E-state index contributed by atoms with van der Waals surface area (Å²) in [5, 5.41) is 0.733. The van der Waals surface area contributed by atoms with Gasteiger partial charge in [0, 0.05) is 0 Å². The molecule has 6 nitrogen and oxygen atoms in total. The molecule has 0 aromatic heterocycles. The number of hydrogen-bond donors (Lipinski definition) is 1. The average Bonchev–Trinajstić information content (AvgIpc) is 2.91. The van der Waals surface area contributed by atoms with Gasteiger partial charge in [0.1, 0.15) is 5.75 Å². The molecule has 0 aliphatic carbocycles. The predicted octanol–water partition coefficient (Wildman–Crippen LogP) is 2.91. The number of ether oxygens (including phenoxy) is 1. The number of imide groups is 1. The number of para-hydroxylation sites is 1. The summed E-state index contributed by atoms with van der Waals surface area (Å²) in [6.45, 7) is 3.87. The molecule has 2 aromatic rings. The first-order chi connectivity index (χ1) is 12.5.